The summed E-state index contributed by atoms with van der Waals surface area (Å²) in [5.41, 5.74) is 7.92. The molecule has 1 atom stereocenters. The van der Waals surface area contributed by atoms with Gasteiger partial charge in [0, 0.05) is 4.47 Å². The minimum Gasteiger partial charge on any atom is -0.457 e. The van der Waals surface area contributed by atoms with Crippen molar-refractivity contribution in [2.45, 2.75) is 12.3 Å². The number of halogens is 2. The molecular formula is C34H24BrFO. The molecule has 1 unspecified atom stereocenters. The number of rotatable bonds is 5. The Balaban J connectivity index is 1.55. The third-order valence-corrected chi connectivity index (χ3v) is 7.73. The molecular weight excluding hydrogens is 523 g/mol. The highest BCUT2D eigenvalue weighted by Gasteiger charge is 2.46. The van der Waals surface area contributed by atoms with Crippen LogP contribution in [0, 0.1) is 12.7 Å². The van der Waals surface area contributed by atoms with Gasteiger partial charge in [0.2, 0.25) is 0 Å². The maximum absolute atomic E-state index is 14.4. The maximum Gasteiger partial charge on any atom is 0.127 e. The van der Waals surface area contributed by atoms with Crippen molar-refractivity contribution in [2.24, 2.45) is 0 Å². The molecule has 1 aliphatic carbocycles. The predicted molar refractivity (Wildman–Crippen MR) is 153 cm³/mol. The Morgan fingerprint density at radius 3 is 2.08 bits per heavy atom. The molecule has 3 heteroatoms. The van der Waals surface area contributed by atoms with Gasteiger partial charge in [0.25, 0.3) is 0 Å². The minimum absolute atomic E-state index is 0.203. The van der Waals surface area contributed by atoms with E-state index in [2.05, 4.69) is 77.1 Å². The third kappa shape index (κ3) is 3.82. The number of fused-ring (bicyclic) bond motifs is 3. The molecule has 0 saturated carbocycles. The van der Waals surface area contributed by atoms with Gasteiger partial charge >= 0.3 is 0 Å². The van der Waals surface area contributed by atoms with Crippen LogP contribution in [-0.2, 0) is 5.41 Å². The largest absolute Gasteiger partial charge is 0.457 e. The molecule has 0 fully saturated rings. The van der Waals surface area contributed by atoms with E-state index in [0.717, 1.165) is 32.7 Å². The van der Waals surface area contributed by atoms with Gasteiger partial charge in [-0.15, -0.1) is 0 Å². The first-order chi connectivity index (χ1) is 18.0. The standard InChI is InChI=1S/C34H24BrFO/c1-3-23-8-14-27(15-9-23)37-28-16-10-24(11-17-28)34(25-12-19-33(36)22(2)20-25)31-7-5-4-6-29(31)30-18-13-26(35)21-32(30)34/h3-21H,1H2,2H3. The van der Waals surface area contributed by atoms with Gasteiger partial charge in [-0.25, -0.2) is 4.39 Å². The van der Waals surface area contributed by atoms with Crippen molar-refractivity contribution in [1.29, 1.82) is 0 Å². The minimum atomic E-state index is -0.599. The van der Waals surface area contributed by atoms with E-state index in [1.807, 2.05) is 61.5 Å². The molecule has 0 heterocycles. The highest BCUT2D eigenvalue weighted by atomic mass is 79.9. The molecule has 37 heavy (non-hydrogen) atoms. The van der Waals surface area contributed by atoms with E-state index < -0.39 is 5.41 Å². The van der Waals surface area contributed by atoms with Gasteiger partial charge in [0.05, 0.1) is 5.41 Å². The molecule has 0 saturated heterocycles. The average Bonchev–Trinajstić information content (AvgIpc) is 3.21. The van der Waals surface area contributed by atoms with Crippen LogP contribution in [0.1, 0.15) is 33.4 Å². The van der Waals surface area contributed by atoms with Crippen molar-refractivity contribution in [3.63, 3.8) is 0 Å². The second-order valence-electron chi connectivity index (χ2n) is 9.35. The van der Waals surface area contributed by atoms with E-state index in [1.165, 1.54) is 22.3 Å². The molecule has 1 nitrogen and oxygen atoms in total. The van der Waals surface area contributed by atoms with Crippen LogP contribution in [-0.4, -0.2) is 0 Å². The molecule has 180 valence electrons. The molecule has 0 N–H and O–H groups in total. The Morgan fingerprint density at radius 2 is 1.38 bits per heavy atom. The molecule has 0 bridgehead atoms. The first-order valence-corrected chi connectivity index (χ1v) is 13.0. The Bertz CT molecular complexity index is 1640. The van der Waals surface area contributed by atoms with Gasteiger partial charge < -0.3 is 4.74 Å². The van der Waals surface area contributed by atoms with Gasteiger partial charge in [-0.05, 0) is 93.9 Å². The summed E-state index contributed by atoms with van der Waals surface area (Å²) in [6.07, 6.45) is 1.81. The molecule has 0 aliphatic heterocycles. The zero-order valence-electron chi connectivity index (χ0n) is 20.3. The maximum atomic E-state index is 14.4. The molecule has 5 aromatic carbocycles. The summed E-state index contributed by atoms with van der Waals surface area (Å²) >= 11 is 3.71. The van der Waals surface area contributed by atoms with Crippen molar-refractivity contribution >= 4 is 22.0 Å². The van der Waals surface area contributed by atoms with Crippen LogP contribution in [0.3, 0.4) is 0 Å². The number of hydrogen-bond donors (Lipinski definition) is 0. The highest BCUT2D eigenvalue weighted by Crippen LogP contribution is 2.56. The molecule has 6 rings (SSSR count). The fraction of sp³-hybridized carbons (Fsp3) is 0.0588. The second kappa shape index (κ2) is 9.17. The summed E-state index contributed by atoms with van der Waals surface area (Å²) in [4.78, 5) is 0. The van der Waals surface area contributed by atoms with E-state index in [4.69, 9.17) is 4.74 Å². The zero-order valence-corrected chi connectivity index (χ0v) is 21.9. The average molecular weight is 547 g/mol. The predicted octanol–water partition coefficient (Wildman–Crippen LogP) is 9.70. The molecule has 5 aromatic rings. The lowest BCUT2D eigenvalue weighted by atomic mass is 9.67. The van der Waals surface area contributed by atoms with Gasteiger partial charge in [-0.2, -0.15) is 0 Å². The lowest BCUT2D eigenvalue weighted by Crippen LogP contribution is -2.28. The van der Waals surface area contributed by atoms with Crippen molar-refractivity contribution < 1.29 is 9.13 Å². The second-order valence-corrected chi connectivity index (χ2v) is 10.3. The smallest absolute Gasteiger partial charge is 0.127 e. The van der Waals surface area contributed by atoms with Crippen LogP contribution in [0.15, 0.2) is 120 Å². The summed E-state index contributed by atoms with van der Waals surface area (Å²) in [6, 6.07) is 36.5. The molecule has 1 aliphatic rings. The van der Waals surface area contributed by atoms with Gasteiger partial charge in [0.15, 0.2) is 0 Å². The number of benzene rings is 5. The van der Waals surface area contributed by atoms with E-state index in [0.29, 0.717) is 5.56 Å². The Morgan fingerprint density at radius 1 is 0.730 bits per heavy atom. The van der Waals surface area contributed by atoms with Crippen LogP contribution < -0.4 is 4.74 Å². The zero-order chi connectivity index (χ0) is 25.6. The summed E-state index contributed by atoms with van der Waals surface area (Å²) in [5, 5.41) is 0. The fourth-order valence-electron chi connectivity index (χ4n) is 5.50. The summed E-state index contributed by atoms with van der Waals surface area (Å²) in [7, 11) is 0. The highest BCUT2D eigenvalue weighted by molar-refractivity contribution is 9.10. The van der Waals surface area contributed by atoms with Crippen LogP contribution in [0.25, 0.3) is 17.2 Å². The third-order valence-electron chi connectivity index (χ3n) is 7.24. The van der Waals surface area contributed by atoms with E-state index >= 15 is 0 Å². The number of ether oxygens (including phenoxy) is 1. The fourth-order valence-corrected chi connectivity index (χ4v) is 5.86. The lowest BCUT2D eigenvalue weighted by Gasteiger charge is -2.34. The van der Waals surface area contributed by atoms with E-state index in [-0.39, 0.29) is 5.82 Å². The monoisotopic (exact) mass is 546 g/mol. The van der Waals surface area contributed by atoms with Gasteiger partial charge in [-0.3, -0.25) is 0 Å². The number of aryl methyl sites for hydroxylation is 1. The first-order valence-electron chi connectivity index (χ1n) is 12.2. The Labute approximate surface area is 225 Å². The Hall–Kier alpha value is -3.95. The molecule has 0 amide bonds. The first kappa shape index (κ1) is 23.4. The van der Waals surface area contributed by atoms with Crippen molar-refractivity contribution in [2.75, 3.05) is 0 Å². The van der Waals surface area contributed by atoms with Crippen LogP contribution >= 0.6 is 15.9 Å². The summed E-state index contributed by atoms with van der Waals surface area (Å²) < 4.78 is 21.6. The quantitative estimate of drug-likeness (QED) is 0.209. The van der Waals surface area contributed by atoms with Crippen LogP contribution in [0.2, 0.25) is 0 Å². The summed E-state index contributed by atoms with van der Waals surface area (Å²) in [6.45, 7) is 5.63. The van der Waals surface area contributed by atoms with Gasteiger partial charge in [-0.1, -0.05) is 95.3 Å². The normalized spacial score (nSPS) is 15.6. The van der Waals surface area contributed by atoms with E-state index in [1.54, 1.807) is 6.07 Å². The van der Waals surface area contributed by atoms with Crippen LogP contribution in [0.5, 0.6) is 11.5 Å². The SMILES string of the molecule is C=Cc1ccc(Oc2ccc(C3(c4ccc(F)c(C)c4)c4ccccc4-c4ccc(Br)cc43)cc2)cc1. The molecule has 0 aromatic heterocycles. The van der Waals surface area contributed by atoms with Gasteiger partial charge in [0.1, 0.15) is 17.3 Å². The molecule has 0 radical (unpaired) electrons. The van der Waals surface area contributed by atoms with Crippen molar-refractivity contribution in [3.8, 4) is 22.6 Å². The topological polar surface area (TPSA) is 9.23 Å². The van der Waals surface area contributed by atoms with Crippen molar-refractivity contribution in [1.82, 2.24) is 0 Å². The Kier molecular flexibility index (Phi) is 5.81. The van der Waals surface area contributed by atoms with E-state index in [9.17, 15) is 4.39 Å². The van der Waals surface area contributed by atoms with Crippen molar-refractivity contribution in [3.05, 3.63) is 159 Å². The molecule has 0 spiro atoms. The lowest BCUT2D eigenvalue weighted by molar-refractivity contribution is 0.482. The van der Waals surface area contributed by atoms with Crippen LogP contribution in [0.4, 0.5) is 4.39 Å². The number of hydrogen-bond acceptors (Lipinski definition) is 1. The summed E-state index contributed by atoms with van der Waals surface area (Å²) in [5.74, 6) is 1.31.